The van der Waals surface area contributed by atoms with Gasteiger partial charge in [0.05, 0.1) is 11.0 Å². The molecule has 2 heterocycles. The van der Waals surface area contributed by atoms with Crippen LogP contribution in [0, 0.1) is 10.1 Å². The summed E-state index contributed by atoms with van der Waals surface area (Å²) in [5, 5.41) is 20.1. The van der Waals surface area contributed by atoms with E-state index in [-0.39, 0.29) is 11.7 Å². The molecule has 1 aromatic rings. The summed E-state index contributed by atoms with van der Waals surface area (Å²) < 4.78 is 0. The van der Waals surface area contributed by atoms with Gasteiger partial charge in [0.25, 0.3) is 0 Å². The van der Waals surface area contributed by atoms with Crippen molar-refractivity contribution in [1.29, 1.82) is 0 Å². The van der Waals surface area contributed by atoms with Gasteiger partial charge in [0, 0.05) is 0 Å². The number of rotatable bonds is 2. The van der Waals surface area contributed by atoms with E-state index in [1.54, 1.807) is 0 Å². The quantitative estimate of drug-likeness (QED) is 0.522. The highest BCUT2D eigenvalue weighted by Crippen LogP contribution is 2.27. The lowest BCUT2D eigenvalue weighted by molar-refractivity contribution is -0.385. The lowest BCUT2D eigenvalue weighted by Crippen LogP contribution is -2.14. The van der Waals surface area contributed by atoms with E-state index in [0.29, 0.717) is 5.69 Å². The largest absolute Gasteiger partial charge is 0.311 e. The minimum atomic E-state index is -0.404. The van der Waals surface area contributed by atoms with Gasteiger partial charge in [-0.05, 0) is 19.4 Å². The molecule has 2 rings (SSSR count). The molecule has 1 aliphatic heterocycles. The van der Waals surface area contributed by atoms with Crippen LogP contribution in [-0.4, -0.2) is 21.7 Å². The number of hydrogen-bond acceptors (Lipinski definition) is 4. The molecule has 0 amide bonds. The first-order valence-electron chi connectivity index (χ1n) is 4.20. The maximum Gasteiger partial charge on any atom is 0.311 e. The Kier molecular flexibility index (Phi) is 1.97. The van der Waals surface area contributed by atoms with Crippen LogP contribution in [0.25, 0.3) is 0 Å². The second-order valence-electron chi connectivity index (χ2n) is 3.07. The molecule has 13 heavy (non-hydrogen) atoms. The van der Waals surface area contributed by atoms with Gasteiger partial charge < -0.3 is 5.32 Å². The molecule has 1 aromatic heterocycles. The molecule has 6 heteroatoms. The fourth-order valence-corrected chi connectivity index (χ4v) is 1.62. The van der Waals surface area contributed by atoms with E-state index in [1.165, 1.54) is 6.20 Å². The Balaban J connectivity index is 2.28. The van der Waals surface area contributed by atoms with Crippen LogP contribution < -0.4 is 5.32 Å². The molecule has 1 saturated heterocycles. The summed E-state index contributed by atoms with van der Waals surface area (Å²) >= 11 is 0. The number of aromatic amines is 1. The molecule has 70 valence electrons. The van der Waals surface area contributed by atoms with E-state index in [9.17, 15) is 10.1 Å². The fraction of sp³-hybridized carbons (Fsp3) is 0.571. The number of aromatic nitrogens is 2. The normalized spacial score (nSPS) is 22.0. The number of nitrogens with zero attached hydrogens (tertiary/aromatic N) is 2. The van der Waals surface area contributed by atoms with Gasteiger partial charge in [0.1, 0.15) is 11.9 Å². The molecule has 1 unspecified atom stereocenters. The Morgan fingerprint density at radius 1 is 1.69 bits per heavy atom. The van der Waals surface area contributed by atoms with Crippen LogP contribution in [0.15, 0.2) is 6.20 Å². The lowest BCUT2D eigenvalue weighted by Gasteiger charge is -2.05. The van der Waals surface area contributed by atoms with Crippen LogP contribution >= 0.6 is 0 Å². The van der Waals surface area contributed by atoms with Gasteiger partial charge in [-0.25, -0.2) is 0 Å². The molecule has 0 spiro atoms. The average molecular weight is 182 g/mol. The number of nitrogens with one attached hydrogen (secondary N) is 2. The van der Waals surface area contributed by atoms with Crippen LogP contribution in [0.3, 0.4) is 0 Å². The third-order valence-corrected chi connectivity index (χ3v) is 2.25. The van der Waals surface area contributed by atoms with Gasteiger partial charge in [0.15, 0.2) is 0 Å². The van der Waals surface area contributed by atoms with Crippen molar-refractivity contribution in [2.24, 2.45) is 0 Å². The highest BCUT2D eigenvalue weighted by Gasteiger charge is 2.26. The molecule has 0 radical (unpaired) electrons. The molecule has 1 atom stereocenters. The van der Waals surface area contributed by atoms with E-state index in [0.717, 1.165) is 19.4 Å². The highest BCUT2D eigenvalue weighted by atomic mass is 16.6. The number of hydrogen-bond donors (Lipinski definition) is 2. The van der Waals surface area contributed by atoms with E-state index in [4.69, 9.17) is 0 Å². The predicted molar refractivity (Wildman–Crippen MR) is 45.2 cm³/mol. The Morgan fingerprint density at radius 3 is 3.15 bits per heavy atom. The summed E-state index contributed by atoms with van der Waals surface area (Å²) in [6.07, 6.45) is 3.25. The molecule has 0 saturated carbocycles. The molecular weight excluding hydrogens is 172 g/mol. The van der Waals surface area contributed by atoms with Gasteiger partial charge in [-0.1, -0.05) is 0 Å². The molecule has 0 bridgehead atoms. The number of nitro groups is 1. The average Bonchev–Trinajstić information content (AvgIpc) is 2.74. The lowest BCUT2D eigenvalue weighted by atomic mass is 10.1. The van der Waals surface area contributed by atoms with Gasteiger partial charge >= 0.3 is 5.69 Å². The summed E-state index contributed by atoms with van der Waals surface area (Å²) in [6, 6.07) is 0.0721. The van der Waals surface area contributed by atoms with Crippen molar-refractivity contribution in [2.75, 3.05) is 6.54 Å². The molecule has 1 fully saturated rings. The van der Waals surface area contributed by atoms with Gasteiger partial charge in [-0.3, -0.25) is 15.2 Å². The zero-order valence-electron chi connectivity index (χ0n) is 6.99. The summed E-state index contributed by atoms with van der Waals surface area (Å²) in [5.74, 6) is 0. The van der Waals surface area contributed by atoms with Crippen LogP contribution in [0.1, 0.15) is 24.6 Å². The maximum absolute atomic E-state index is 10.6. The standard InChI is InChI=1S/C7H10N4O2/c12-11(13)6-4-9-10-7(6)5-2-1-3-8-5/h4-5,8H,1-3H2,(H,9,10). The third kappa shape index (κ3) is 1.40. The molecule has 0 aliphatic carbocycles. The van der Waals surface area contributed by atoms with Gasteiger partial charge in [-0.2, -0.15) is 5.10 Å². The zero-order valence-corrected chi connectivity index (χ0v) is 6.99. The molecule has 1 aliphatic rings. The maximum atomic E-state index is 10.6. The van der Waals surface area contributed by atoms with E-state index in [2.05, 4.69) is 15.5 Å². The smallest absolute Gasteiger partial charge is 0.308 e. The Morgan fingerprint density at radius 2 is 2.54 bits per heavy atom. The zero-order chi connectivity index (χ0) is 9.26. The molecular formula is C7H10N4O2. The van der Waals surface area contributed by atoms with Crippen molar-refractivity contribution in [3.05, 3.63) is 22.0 Å². The van der Waals surface area contributed by atoms with Crippen molar-refractivity contribution in [3.63, 3.8) is 0 Å². The molecule has 0 aromatic carbocycles. The van der Waals surface area contributed by atoms with E-state index in [1.807, 2.05) is 0 Å². The Labute approximate surface area is 74.5 Å². The molecule has 2 N–H and O–H groups in total. The van der Waals surface area contributed by atoms with Gasteiger partial charge in [-0.15, -0.1) is 0 Å². The van der Waals surface area contributed by atoms with Crippen molar-refractivity contribution in [2.45, 2.75) is 18.9 Å². The van der Waals surface area contributed by atoms with Crippen molar-refractivity contribution in [3.8, 4) is 0 Å². The third-order valence-electron chi connectivity index (χ3n) is 2.25. The fourth-order valence-electron chi connectivity index (χ4n) is 1.62. The summed E-state index contributed by atoms with van der Waals surface area (Å²) in [4.78, 5) is 10.2. The summed E-state index contributed by atoms with van der Waals surface area (Å²) in [6.45, 7) is 0.918. The first kappa shape index (κ1) is 8.18. The topological polar surface area (TPSA) is 83.8 Å². The summed E-state index contributed by atoms with van der Waals surface area (Å²) in [7, 11) is 0. The van der Waals surface area contributed by atoms with E-state index >= 15 is 0 Å². The van der Waals surface area contributed by atoms with Crippen LogP contribution in [0.2, 0.25) is 0 Å². The predicted octanol–water partition coefficient (Wildman–Crippen LogP) is 0.742. The van der Waals surface area contributed by atoms with Crippen molar-refractivity contribution < 1.29 is 4.92 Å². The van der Waals surface area contributed by atoms with Crippen molar-refractivity contribution in [1.82, 2.24) is 15.5 Å². The minimum Gasteiger partial charge on any atom is -0.308 e. The second-order valence-corrected chi connectivity index (χ2v) is 3.07. The molecule has 6 nitrogen and oxygen atoms in total. The van der Waals surface area contributed by atoms with E-state index < -0.39 is 4.92 Å². The Bertz CT molecular complexity index is 316. The van der Waals surface area contributed by atoms with Crippen LogP contribution in [0.4, 0.5) is 5.69 Å². The summed E-state index contributed by atoms with van der Waals surface area (Å²) in [5.41, 5.74) is 0.682. The Hall–Kier alpha value is -1.43. The second kappa shape index (κ2) is 3.14. The highest BCUT2D eigenvalue weighted by molar-refractivity contribution is 5.34. The van der Waals surface area contributed by atoms with Crippen molar-refractivity contribution >= 4 is 5.69 Å². The van der Waals surface area contributed by atoms with Crippen LogP contribution in [-0.2, 0) is 0 Å². The first-order chi connectivity index (χ1) is 6.29. The van der Waals surface area contributed by atoms with Gasteiger partial charge in [0.2, 0.25) is 0 Å². The monoisotopic (exact) mass is 182 g/mol. The SMILES string of the molecule is O=[N+]([O-])c1cn[nH]c1C1CCCN1. The minimum absolute atomic E-state index is 0.0721. The number of H-pyrrole nitrogens is 1. The first-order valence-corrected chi connectivity index (χ1v) is 4.20. The van der Waals surface area contributed by atoms with Crippen LogP contribution in [0.5, 0.6) is 0 Å².